The van der Waals surface area contributed by atoms with E-state index in [2.05, 4.69) is 39.5 Å². The zero-order chi connectivity index (χ0) is 60.4. The SMILES string of the molecule is C=CC(=O)OCOc1cc(C(=O)Oc2ccc(CCOC(=O)c3ccc4cc(OC(=O)c5cc(OCOC(=O)C=C)c(OCOC(=O)C=C)c(OCOC(=O)C=C)c5)c(C)cc4c3)cc2C)cc(OCOC(=O)C=C)c1OCOC(=O)C=C. The van der Waals surface area contributed by atoms with Crippen molar-refractivity contribution in [2.45, 2.75) is 20.3 Å². The summed E-state index contributed by atoms with van der Waals surface area (Å²) in [5.41, 5.74) is 1.55. The number of aryl methyl sites for hydroxylation is 2. The van der Waals surface area contributed by atoms with E-state index in [-0.39, 0.29) is 75.7 Å². The lowest BCUT2D eigenvalue weighted by molar-refractivity contribution is -0.146. The highest BCUT2D eigenvalue weighted by Crippen LogP contribution is 2.41. The molecular weight excluding hydrogens is 1090 g/mol. The van der Waals surface area contributed by atoms with E-state index < -0.39 is 94.5 Å². The smallest absolute Gasteiger partial charge is 0.343 e. The molecule has 0 aliphatic rings. The second-order valence-corrected chi connectivity index (χ2v) is 16.1. The fourth-order valence-electron chi connectivity index (χ4n) is 6.62. The van der Waals surface area contributed by atoms with Crippen LogP contribution < -0.4 is 37.9 Å². The van der Waals surface area contributed by atoms with Gasteiger partial charge in [0.2, 0.25) is 52.3 Å². The van der Waals surface area contributed by atoms with Gasteiger partial charge in [-0.25, -0.2) is 43.2 Å². The molecule has 432 valence electrons. The summed E-state index contributed by atoms with van der Waals surface area (Å²) in [5.74, 6) is -8.83. The summed E-state index contributed by atoms with van der Waals surface area (Å²) < 4.78 is 80.0. The highest BCUT2D eigenvalue weighted by molar-refractivity contribution is 5.98. The molecule has 24 nitrogen and oxygen atoms in total. The fraction of sp³-hybridized carbons (Fsp3) is 0.169. The first-order chi connectivity index (χ1) is 39.9. The molecule has 0 saturated heterocycles. The summed E-state index contributed by atoms with van der Waals surface area (Å²) >= 11 is 0. The molecule has 0 bridgehead atoms. The highest BCUT2D eigenvalue weighted by atomic mass is 16.7. The molecule has 0 N–H and O–H groups in total. The van der Waals surface area contributed by atoms with E-state index in [1.807, 2.05) is 0 Å². The standard InChI is InChI=1S/C59H52O24/c1-9-49(60)74-29-70-45-25-41(26-46(71-30-75-50(61)10-2)55(45)80-33-78-53(64)13-5)58(67)82-43-18-15-37(21-35(43)7)19-20-69-57(66)39-17-16-38-24-44(36(8)22-40(38)23-39)83-59(68)42-27-47(72-31-76-51(62)11-3)56(81-34-79-54(65)14-6)48(28-42)73-32-77-52(63)12-4/h9-18,21-28H,1-6,19-20,29-34H2,7-8H3. The van der Waals surface area contributed by atoms with Crippen molar-refractivity contribution in [2.24, 2.45) is 0 Å². The Balaban J connectivity index is 1.27. The molecule has 0 radical (unpaired) electrons. The van der Waals surface area contributed by atoms with Crippen molar-refractivity contribution >= 4 is 64.5 Å². The second kappa shape index (κ2) is 31.4. The quantitative estimate of drug-likeness (QED) is 0.0131. The Labute approximate surface area is 473 Å². The van der Waals surface area contributed by atoms with E-state index in [1.165, 1.54) is 36.4 Å². The Kier molecular flexibility index (Phi) is 23.7. The molecule has 5 aromatic carbocycles. The van der Waals surface area contributed by atoms with Gasteiger partial charge in [0.1, 0.15) is 11.5 Å². The maximum absolute atomic E-state index is 13.8. The lowest BCUT2D eigenvalue weighted by atomic mass is 10.0. The minimum absolute atomic E-state index is 0.0460. The zero-order valence-corrected chi connectivity index (χ0v) is 44.6. The first-order valence-corrected chi connectivity index (χ1v) is 24.0. The van der Waals surface area contributed by atoms with Gasteiger partial charge in [-0.3, -0.25) is 0 Å². The van der Waals surface area contributed by atoms with Crippen LogP contribution in [-0.2, 0) is 68.3 Å². The molecular formula is C59H52O24. The van der Waals surface area contributed by atoms with E-state index in [0.717, 1.165) is 36.5 Å². The molecule has 0 aliphatic heterocycles. The summed E-state index contributed by atoms with van der Waals surface area (Å²) in [4.78, 5) is 111. The van der Waals surface area contributed by atoms with Gasteiger partial charge in [0.15, 0.2) is 23.0 Å². The number of ether oxygens (including phenoxy) is 15. The molecule has 0 spiro atoms. The van der Waals surface area contributed by atoms with Crippen LogP contribution in [0.2, 0.25) is 0 Å². The molecule has 0 fully saturated rings. The van der Waals surface area contributed by atoms with Crippen LogP contribution >= 0.6 is 0 Å². The van der Waals surface area contributed by atoms with Gasteiger partial charge in [0, 0.05) is 42.9 Å². The molecule has 24 heteroatoms. The minimum atomic E-state index is -0.940. The Hall–Kier alpha value is -11.2. The van der Waals surface area contributed by atoms with Crippen molar-refractivity contribution in [3.05, 3.63) is 182 Å². The van der Waals surface area contributed by atoms with Gasteiger partial charge in [-0.15, -0.1) is 0 Å². The second-order valence-electron chi connectivity index (χ2n) is 16.1. The average molecular weight is 1150 g/mol. The van der Waals surface area contributed by atoms with Crippen LogP contribution in [0.3, 0.4) is 0 Å². The van der Waals surface area contributed by atoms with E-state index in [1.54, 1.807) is 50.2 Å². The van der Waals surface area contributed by atoms with Crippen molar-refractivity contribution in [3.8, 4) is 46.0 Å². The minimum Gasteiger partial charge on any atom is -0.462 e. The Morgan fingerprint density at radius 3 is 1.11 bits per heavy atom. The summed E-state index contributed by atoms with van der Waals surface area (Å²) in [6, 6.07) is 17.6. The third-order valence-corrected chi connectivity index (χ3v) is 10.6. The predicted octanol–water partition coefficient (Wildman–Crippen LogP) is 7.69. The zero-order valence-electron chi connectivity index (χ0n) is 44.6. The van der Waals surface area contributed by atoms with E-state index in [4.69, 9.17) is 71.1 Å². The van der Waals surface area contributed by atoms with E-state index >= 15 is 0 Å². The van der Waals surface area contributed by atoms with Gasteiger partial charge in [0.25, 0.3) is 0 Å². The number of benzene rings is 5. The largest absolute Gasteiger partial charge is 0.462 e. The van der Waals surface area contributed by atoms with Crippen LogP contribution in [0, 0.1) is 13.8 Å². The lowest BCUT2D eigenvalue weighted by Crippen LogP contribution is -2.15. The highest BCUT2D eigenvalue weighted by Gasteiger charge is 2.25. The number of rotatable bonds is 32. The van der Waals surface area contributed by atoms with Gasteiger partial charge in [-0.05, 0) is 95.9 Å². The van der Waals surface area contributed by atoms with Gasteiger partial charge >= 0.3 is 53.7 Å². The molecule has 5 aromatic rings. The van der Waals surface area contributed by atoms with Crippen LogP contribution in [0.15, 0.2) is 149 Å². The normalized spacial score (nSPS) is 10.2. The molecule has 0 saturated carbocycles. The van der Waals surface area contributed by atoms with Gasteiger partial charge in [0.05, 0.1) is 23.3 Å². The van der Waals surface area contributed by atoms with Gasteiger partial charge < -0.3 is 71.1 Å². The van der Waals surface area contributed by atoms with Crippen molar-refractivity contribution in [2.75, 3.05) is 47.4 Å². The van der Waals surface area contributed by atoms with Crippen molar-refractivity contribution < 1.29 is 114 Å². The number of fused-ring (bicyclic) bond motifs is 1. The molecule has 5 rings (SSSR count). The molecule has 0 aliphatic carbocycles. The molecule has 0 aromatic heterocycles. The first kappa shape index (κ1) is 62.7. The van der Waals surface area contributed by atoms with Crippen molar-refractivity contribution in [1.82, 2.24) is 0 Å². The predicted molar refractivity (Wildman–Crippen MR) is 287 cm³/mol. The summed E-state index contributed by atoms with van der Waals surface area (Å²) in [6.07, 6.45) is 5.58. The third-order valence-electron chi connectivity index (χ3n) is 10.6. The third kappa shape index (κ3) is 19.0. The topological polar surface area (TPSA) is 292 Å². The fourth-order valence-corrected chi connectivity index (χ4v) is 6.62. The van der Waals surface area contributed by atoms with E-state index in [9.17, 15) is 43.2 Å². The summed E-state index contributed by atoms with van der Waals surface area (Å²) in [7, 11) is 0. The number of carbonyl (C=O) groups is 9. The van der Waals surface area contributed by atoms with Crippen molar-refractivity contribution in [1.29, 1.82) is 0 Å². The van der Waals surface area contributed by atoms with Crippen LogP contribution in [0.1, 0.15) is 47.8 Å². The summed E-state index contributed by atoms with van der Waals surface area (Å²) in [5, 5.41) is 1.16. The maximum Gasteiger partial charge on any atom is 0.343 e. The number of esters is 9. The number of hydrogen-bond acceptors (Lipinski definition) is 24. The molecule has 83 heavy (non-hydrogen) atoms. The number of hydrogen-bond donors (Lipinski definition) is 0. The van der Waals surface area contributed by atoms with Crippen LogP contribution in [-0.4, -0.2) is 101 Å². The summed E-state index contributed by atoms with van der Waals surface area (Å²) in [6.45, 7) is 19.0. The van der Waals surface area contributed by atoms with Crippen LogP contribution in [0.25, 0.3) is 10.8 Å². The van der Waals surface area contributed by atoms with Gasteiger partial charge in [-0.2, -0.15) is 0 Å². The molecule has 0 amide bonds. The number of carbonyl (C=O) groups excluding carboxylic acids is 9. The Morgan fingerprint density at radius 2 is 0.723 bits per heavy atom. The molecule has 0 unspecified atom stereocenters. The van der Waals surface area contributed by atoms with Crippen LogP contribution in [0.5, 0.6) is 46.0 Å². The van der Waals surface area contributed by atoms with Gasteiger partial charge in [-0.1, -0.05) is 57.7 Å². The van der Waals surface area contributed by atoms with E-state index in [0.29, 0.717) is 27.5 Å². The maximum atomic E-state index is 13.8. The lowest BCUT2D eigenvalue weighted by Gasteiger charge is -2.18. The van der Waals surface area contributed by atoms with Crippen molar-refractivity contribution in [3.63, 3.8) is 0 Å². The molecule has 0 heterocycles. The monoisotopic (exact) mass is 1140 g/mol. The average Bonchev–Trinajstić information content (AvgIpc) is 3.69. The van der Waals surface area contributed by atoms with Crippen LogP contribution in [0.4, 0.5) is 0 Å². The molecule has 0 atom stereocenters. The Morgan fingerprint density at radius 1 is 0.349 bits per heavy atom. The Bertz CT molecular complexity index is 3260. The first-order valence-electron chi connectivity index (χ1n) is 24.0.